The van der Waals surface area contributed by atoms with Crippen molar-refractivity contribution < 1.29 is 9.59 Å². The van der Waals surface area contributed by atoms with Crippen LogP contribution in [0.2, 0.25) is 0 Å². The lowest BCUT2D eigenvalue weighted by atomic mass is 9.93. The minimum Gasteiger partial charge on any atom is -0.341 e. The van der Waals surface area contributed by atoms with Crippen LogP contribution in [0.1, 0.15) is 31.2 Å². The Balaban J connectivity index is 0.00000225. The number of nitrogens with one attached hydrogen (secondary N) is 1. The average Bonchev–Trinajstić information content (AvgIpc) is 2.62. The monoisotopic (exact) mass is 365 g/mol. The minimum atomic E-state index is 0. The molecule has 2 amide bonds. The van der Waals surface area contributed by atoms with E-state index in [1.165, 1.54) is 6.42 Å². The number of halogens is 1. The normalized spacial score (nSPS) is 17.9. The van der Waals surface area contributed by atoms with Gasteiger partial charge in [0.15, 0.2) is 0 Å². The lowest BCUT2D eigenvalue weighted by molar-refractivity contribution is -0.132. The van der Waals surface area contributed by atoms with Crippen molar-refractivity contribution in [2.75, 3.05) is 38.1 Å². The highest BCUT2D eigenvalue weighted by atomic mass is 35.5. The van der Waals surface area contributed by atoms with Crippen molar-refractivity contribution in [3.8, 4) is 0 Å². The van der Waals surface area contributed by atoms with Crippen molar-refractivity contribution in [2.45, 2.75) is 32.1 Å². The van der Waals surface area contributed by atoms with Crippen LogP contribution in [0.4, 0.5) is 5.69 Å². The molecule has 5 nitrogen and oxygen atoms in total. The number of hydrogen-bond acceptors (Lipinski definition) is 3. The summed E-state index contributed by atoms with van der Waals surface area (Å²) in [7, 11) is 1.98. The van der Waals surface area contributed by atoms with Gasteiger partial charge in [-0.1, -0.05) is 18.2 Å². The largest absolute Gasteiger partial charge is 0.341 e. The Morgan fingerprint density at radius 2 is 1.92 bits per heavy atom. The van der Waals surface area contributed by atoms with Gasteiger partial charge in [0.05, 0.1) is 0 Å². The van der Waals surface area contributed by atoms with Gasteiger partial charge in [-0.3, -0.25) is 9.59 Å². The zero-order chi connectivity index (χ0) is 16.9. The van der Waals surface area contributed by atoms with Gasteiger partial charge in [0.1, 0.15) is 6.54 Å². The highest BCUT2D eigenvalue weighted by Gasteiger charge is 2.29. The van der Waals surface area contributed by atoms with E-state index in [4.69, 9.17) is 0 Å². The second kappa shape index (κ2) is 9.20. The number of anilines is 1. The third-order valence-electron chi connectivity index (χ3n) is 5.25. The van der Waals surface area contributed by atoms with Gasteiger partial charge in [-0.05, 0) is 56.8 Å². The number of rotatable bonds is 5. The molecule has 2 aliphatic heterocycles. The maximum absolute atomic E-state index is 12.7. The number of likely N-dealkylation sites (tertiary alicyclic amines) is 1. The van der Waals surface area contributed by atoms with E-state index < -0.39 is 0 Å². The van der Waals surface area contributed by atoms with Crippen molar-refractivity contribution in [1.82, 2.24) is 10.2 Å². The van der Waals surface area contributed by atoms with Crippen LogP contribution in [0.5, 0.6) is 0 Å². The number of carbonyl (C=O) groups is 2. The van der Waals surface area contributed by atoms with Gasteiger partial charge in [0.25, 0.3) is 0 Å². The summed E-state index contributed by atoms with van der Waals surface area (Å²) >= 11 is 0. The van der Waals surface area contributed by atoms with Crippen molar-refractivity contribution >= 4 is 29.9 Å². The number of nitrogens with zero attached hydrogens (tertiary/aromatic N) is 2. The fourth-order valence-corrected chi connectivity index (χ4v) is 3.72. The molecule has 0 radical (unpaired) electrons. The van der Waals surface area contributed by atoms with Crippen LogP contribution in [-0.2, 0) is 16.0 Å². The Bertz CT molecular complexity index is 600. The lowest BCUT2D eigenvalue weighted by Gasteiger charge is -2.35. The van der Waals surface area contributed by atoms with Crippen LogP contribution in [0.15, 0.2) is 24.3 Å². The summed E-state index contributed by atoms with van der Waals surface area (Å²) in [5.74, 6) is 0.844. The van der Waals surface area contributed by atoms with Gasteiger partial charge in [-0.25, -0.2) is 0 Å². The molecule has 2 aliphatic rings. The van der Waals surface area contributed by atoms with E-state index >= 15 is 0 Å². The Kier molecular flexibility index (Phi) is 7.26. The maximum atomic E-state index is 12.7. The van der Waals surface area contributed by atoms with Gasteiger partial charge >= 0.3 is 0 Å². The molecule has 25 heavy (non-hydrogen) atoms. The number of carbonyl (C=O) groups excluding carboxylic acids is 2. The first-order valence-electron chi connectivity index (χ1n) is 8.99. The molecule has 0 bridgehead atoms. The molecule has 1 fully saturated rings. The van der Waals surface area contributed by atoms with Crippen molar-refractivity contribution in [2.24, 2.45) is 5.92 Å². The average molecular weight is 366 g/mol. The molecule has 1 aromatic carbocycles. The Morgan fingerprint density at radius 1 is 1.20 bits per heavy atom. The molecule has 138 valence electrons. The highest BCUT2D eigenvalue weighted by molar-refractivity contribution is 6.01. The van der Waals surface area contributed by atoms with Crippen molar-refractivity contribution in [3.05, 3.63) is 29.8 Å². The molecule has 6 heteroatoms. The molecule has 1 saturated heterocycles. The number of fused-ring (bicyclic) bond motifs is 1. The van der Waals surface area contributed by atoms with Crippen LogP contribution in [0.3, 0.4) is 0 Å². The van der Waals surface area contributed by atoms with E-state index in [0.29, 0.717) is 12.3 Å². The van der Waals surface area contributed by atoms with Crippen molar-refractivity contribution in [3.63, 3.8) is 0 Å². The van der Waals surface area contributed by atoms with Gasteiger partial charge < -0.3 is 15.1 Å². The topological polar surface area (TPSA) is 52.7 Å². The number of piperidine rings is 1. The standard InChI is InChI=1S/C19H27N3O2.ClH/c1-20-11-8-15-9-12-21(13-10-15)19(24)14-22-17-5-3-2-4-16(17)6-7-18(22)23;/h2-5,15,20H,6-14H2,1H3;1H. The predicted octanol–water partition coefficient (Wildman–Crippen LogP) is 2.24. The van der Waals surface area contributed by atoms with Gasteiger partial charge in [-0.2, -0.15) is 0 Å². The molecule has 0 aliphatic carbocycles. The number of hydrogen-bond donors (Lipinski definition) is 1. The Hall–Kier alpha value is -1.59. The van der Waals surface area contributed by atoms with Gasteiger partial charge in [0, 0.05) is 25.2 Å². The first kappa shape index (κ1) is 19.7. The van der Waals surface area contributed by atoms with E-state index in [1.807, 2.05) is 36.2 Å². The molecule has 3 rings (SSSR count). The Labute approximate surface area is 156 Å². The molecule has 0 spiro atoms. The predicted molar refractivity (Wildman–Crippen MR) is 102 cm³/mol. The molecular formula is C19H28ClN3O2. The summed E-state index contributed by atoms with van der Waals surface area (Å²) in [5.41, 5.74) is 2.07. The fourth-order valence-electron chi connectivity index (χ4n) is 3.72. The molecular weight excluding hydrogens is 338 g/mol. The van der Waals surface area contributed by atoms with Crippen LogP contribution >= 0.6 is 12.4 Å². The highest BCUT2D eigenvalue weighted by Crippen LogP contribution is 2.28. The summed E-state index contributed by atoms with van der Waals surface area (Å²) < 4.78 is 0. The molecule has 2 heterocycles. The minimum absolute atomic E-state index is 0. The summed E-state index contributed by atoms with van der Waals surface area (Å²) in [6, 6.07) is 7.92. The summed E-state index contributed by atoms with van der Waals surface area (Å²) in [6.07, 6.45) is 4.58. The number of para-hydroxylation sites is 1. The molecule has 0 unspecified atom stereocenters. The van der Waals surface area contributed by atoms with Gasteiger partial charge in [0.2, 0.25) is 11.8 Å². The van der Waals surface area contributed by atoms with E-state index in [2.05, 4.69) is 5.32 Å². The van der Waals surface area contributed by atoms with Crippen LogP contribution in [-0.4, -0.2) is 49.9 Å². The zero-order valence-electron chi connectivity index (χ0n) is 14.9. The third-order valence-corrected chi connectivity index (χ3v) is 5.25. The molecule has 1 aromatic rings. The zero-order valence-corrected chi connectivity index (χ0v) is 15.7. The molecule has 0 aromatic heterocycles. The fraction of sp³-hybridized carbons (Fsp3) is 0.579. The number of amides is 2. The van der Waals surface area contributed by atoms with Crippen LogP contribution < -0.4 is 10.2 Å². The van der Waals surface area contributed by atoms with Crippen LogP contribution in [0.25, 0.3) is 0 Å². The van der Waals surface area contributed by atoms with Crippen molar-refractivity contribution in [1.29, 1.82) is 0 Å². The van der Waals surface area contributed by atoms with E-state index in [0.717, 1.165) is 50.1 Å². The second-order valence-corrected chi connectivity index (χ2v) is 6.82. The maximum Gasteiger partial charge on any atom is 0.242 e. The lowest BCUT2D eigenvalue weighted by Crippen LogP contribution is -2.47. The summed E-state index contributed by atoms with van der Waals surface area (Å²) in [4.78, 5) is 28.6. The molecule has 0 saturated carbocycles. The smallest absolute Gasteiger partial charge is 0.242 e. The van der Waals surface area contributed by atoms with Gasteiger partial charge in [-0.15, -0.1) is 12.4 Å². The summed E-state index contributed by atoms with van der Waals surface area (Å²) in [6.45, 7) is 2.85. The van der Waals surface area contributed by atoms with E-state index in [1.54, 1.807) is 4.90 Å². The molecule has 0 atom stereocenters. The molecule has 1 N–H and O–H groups in total. The first-order valence-corrected chi connectivity index (χ1v) is 8.99. The second-order valence-electron chi connectivity index (χ2n) is 6.82. The Morgan fingerprint density at radius 3 is 2.64 bits per heavy atom. The number of benzene rings is 1. The SMILES string of the molecule is CNCCC1CCN(C(=O)CN2C(=O)CCc3ccccc32)CC1.Cl. The van der Waals surface area contributed by atoms with Crippen LogP contribution in [0, 0.1) is 5.92 Å². The quantitative estimate of drug-likeness (QED) is 0.870. The van der Waals surface area contributed by atoms with E-state index in [-0.39, 0.29) is 30.8 Å². The first-order chi connectivity index (χ1) is 11.7. The third kappa shape index (κ3) is 4.73. The summed E-state index contributed by atoms with van der Waals surface area (Å²) in [5, 5.41) is 3.19. The number of aryl methyl sites for hydroxylation is 1. The van der Waals surface area contributed by atoms with E-state index in [9.17, 15) is 9.59 Å².